The van der Waals surface area contributed by atoms with Gasteiger partial charge in [0.25, 0.3) is 0 Å². The van der Waals surface area contributed by atoms with Crippen molar-refractivity contribution in [2.24, 2.45) is 0 Å². The van der Waals surface area contributed by atoms with Gasteiger partial charge in [-0.2, -0.15) is 0 Å². The fourth-order valence-electron chi connectivity index (χ4n) is 1.46. The van der Waals surface area contributed by atoms with Crippen LogP contribution in [0, 0.1) is 0 Å². The second-order valence-electron chi connectivity index (χ2n) is 4.57. The smallest absolute Gasteiger partial charge is 0.197 e. The molecule has 0 spiro atoms. The van der Waals surface area contributed by atoms with Crippen LogP contribution in [0.2, 0.25) is 0 Å². The minimum atomic E-state index is 0.346. The van der Waals surface area contributed by atoms with Crippen LogP contribution in [0.4, 0.5) is 0 Å². The monoisotopic (exact) mass is 235 g/mol. The van der Waals surface area contributed by atoms with Gasteiger partial charge in [-0.15, -0.1) is 11.3 Å². The molecule has 3 heteroatoms. The van der Waals surface area contributed by atoms with E-state index in [-0.39, 0.29) is 0 Å². The summed E-state index contributed by atoms with van der Waals surface area (Å²) in [5.74, 6) is 2.62. The Morgan fingerprint density at radius 1 is 1.12 bits per heavy atom. The molecule has 0 saturated carbocycles. The highest BCUT2D eigenvalue weighted by Gasteiger charge is 2.12. The highest BCUT2D eigenvalue weighted by molar-refractivity contribution is 7.15. The van der Waals surface area contributed by atoms with Gasteiger partial charge in [0.15, 0.2) is 11.7 Å². The van der Waals surface area contributed by atoms with Crippen LogP contribution in [0.3, 0.4) is 0 Å². The summed E-state index contributed by atoms with van der Waals surface area (Å²) in [5.41, 5.74) is 0. The molecule has 0 saturated heterocycles. The maximum Gasteiger partial charge on any atom is 0.197 e. The maximum absolute atomic E-state index is 5.72. The van der Waals surface area contributed by atoms with Crippen LogP contribution < -0.4 is 0 Å². The molecule has 0 fully saturated rings. The van der Waals surface area contributed by atoms with E-state index in [0.717, 1.165) is 11.7 Å². The number of oxazole rings is 1. The van der Waals surface area contributed by atoms with E-state index >= 15 is 0 Å². The Morgan fingerprint density at radius 3 is 2.38 bits per heavy atom. The van der Waals surface area contributed by atoms with Gasteiger partial charge in [0, 0.05) is 10.8 Å². The van der Waals surface area contributed by atoms with Crippen LogP contribution in [-0.4, -0.2) is 4.98 Å². The van der Waals surface area contributed by atoms with Gasteiger partial charge in [-0.1, -0.05) is 27.7 Å². The van der Waals surface area contributed by atoms with Gasteiger partial charge in [0.1, 0.15) is 0 Å². The van der Waals surface area contributed by atoms with Crippen LogP contribution >= 0.6 is 11.3 Å². The van der Waals surface area contributed by atoms with Gasteiger partial charge in [0.2, 0.25) is 0 Å². The van der Waals surface area contributed by atoms with Gasteiger partial charge < -0.3 is 4.42 Å². The lowest BCUT2D eigenvalue weighted by molar-refractivity contribution is 0.482. The van der Waals surface area contributed by atoms with Gasteiger partial charge in [-0.3, -0.25) is 0 Å². The Morgan fingerprint density at radius 2 is 1.88 bits per heavy atom. The Balaban J connectivity index is 2.28. The standard InChI is InChI=1S/C13H17NOS/c1-8(2)11-5-6-12(16-11)10-7-14-13(15-10)9(3)4/h5-9H,1-4H3. The maximum atomic E-state index is 5.72. The van der Waals surface area contributed by atoms with Crippen molar-refractivity contribution in [1.82, 2.24) is 4.98 Å². The summed E-state index contributed by atoms with van der Waals surface area (Å²) in [7, 11) is 0. The molecule has 2 heterocycles. The van der Waals surface area contributed by atoms with Crippen LogP contribution in [0.5, 0.6) is 0 Å². The van der Waals surface area contributed by atoms with Crippen molar-refractivity contribution in [3.05, 3.63) is 29.1 Å². The Bertz CT molecular complexity index is 423. The zero-order valence-corrected chi connectivity index (χ0v) is 11.0. The highest BCUT2D eigenvalue weighted by atomic mass is 32.1. The summed E-state index contributed by atoms with van der Waals surface area (Å²) in [6, 6.07) is 4.28. The first-order chi connectivity index (χ1) is 7.58. The molecule has 0 amide bonds. The molecule has 16 heavy (non-hydrogen) atoms. The molecule has 0 N–H and O–H groups in total. The molecule has 0 aliphatic carbocycles. The minimum absolute atomic E-state index is 0.346. The number of nitrogens with zero attached hydrogens (tertiary/aromatic N) is 1. The van der Waals surface area contributed by atoms with Gasteiger partial charge in [0.05, 0.1) is 11.1 Å². The average molecular weight is 235 g/mol. The summed E-state index contributed by atoms with van der Waals surface area (Å²) in [5, 5.41) is 0. The summed E-state index contributed by atoms with van der Waals surface area (Å²) < 4.78 is 5.72. The van der Waals surface area contributed by atoms with Crippen molar-refractivity contribution >= 4 is 11.3 Å². The summed E-state index contributed by atoms with van der Waals surface area (Å²) in [4.78, 5) is 6.84. The number of rotatable bonds is 3. The Kier molecular flexibility index (Phi) is 3.15. The van der Waals surface area contributed by atoms with Crippen LogP contribution in [0.25, 0.3) is 10.6 Å². The van der Waals surface area contributed by atoms with E-state index in [1.807, 2.05) is 6.20 Å². The Hall–Kier alpha value is -1.09. The topological polar surface area (TPSA) is 26.0 Å². The summed E-state index contributed by atoms with van der Waals surface area (Å²) in [6.07, 6.45) is 1.82. The lowest BCUT2D eigenvalue weighted by Crippen LogP contribution is -1.84. The van der Waals surface area contributed by atoms with Crippen molar-refractivity contribution in [2.75, 3.05) is 0 Å². The quantitative estimate of drug-likeness (QED) is 0.774. The van der Waals surface area contributed by atoms with Crippen molar-refractivity contribution < 1.29 is 4.42 Å². The van der Waals surface area contributed by atoms with Crippen molar-refractivity contribution in [2.45, 2.75) is 39.5 Å². The molecule has 0 unspecified atom stereocenters. The summed E-state index contributed by atoms with van der Waals surface area (Å²) >= 11 is 1.79. The molecule has 0 radical (unpaired) electrons. The first-order valence-electron chi connectivity index (χ1n) is 5.63. The molecular formula is C13H17NOS. The zero-order valence-electron chi connectivity index (χ0n) is 10.2. The van der Waals surface area contributed by atoms with E-state index in [2.05, 4.69) is 44.8 Å². The fraction of sp³-hybridized carbons (Fsp3) is 0.462. The number of hydrogen-bond acceptors (Lipinski definition) is 3. The van der Waals surface area contributed by atoms with E-state index in [0.29, 0.717) is 11.8 Å². The largest absolute Gasteiger partial charge is 0.440 e. The lowest BCUT2D eigenvalue weighted by Gasteiger charge is -1.97. The highest BCUT2D eigenvalue weighted by Crippen LogP contribution is 2.33. The van der Waals surface area contributed by atoms with Crippen molar-refractivity contribution in [3.63, 3.8) is 0 Å². The minimum Gasteiger partial charge on any atom is -0.440 e. The zero-order chi connectivity index (χ0) is 11.7. The molecule has 0 atom stereocenters. The molecular weight excluding hydrogens is 218 g/mol. The van der Waals surface area contributed by atoms with Crippen LogP contribution in [0.15, 0.2) is 22.7 Å². The fourth-order valence-corrected chi connectivity index (χ4v) is 2.42. The average Bonchev–Trinajstić information content (AvgIpc) is 2.86. The van der Waals surface area contributed by atoms with Gasteiger partial charge in [-0.05, 0) is 18.1 Å². The van der Waals surface area contributed by atoms with Gasteiger partial charge in [-0.25, -0.2) is 4.98 Å². The molecule has 0 aromatic carbocycles. The second kappa shape index (κ2) is 4.42. The van der Waals surface area contributed by atoms with E-state index in [4.69, 9.17) is 4.42 Å². The molecule has 0 bridgehead atoms. The van der Waals surface area contributed by atoms with Crippen molar-refractivity contribution in [1.29, 1.82) is 0 Å². The lowest BCUT2D eigenvalue weighted by atomic mass is 10.2. The van der Waals surface area contributed by atoms with Crippen molar-refractivity contribution in [3.8, 4) is 10.6 Å². The predicted molar refractivity (Wildman–Crippen MR) is 68.0 cm³/mol. The molecule has 2 aromatic heterocycles. The SMILES string of the molecule is CC(C)c1ncc(-c2ccc(C(C)C)s2)o1. The Labute approximate surface area is 100 Å². The van der Waals surface area contributed by atoms with Gasteiger partial charge >= 0.3 is 0 Å². The number of hydrogen-bond donors (Lipinski definition) is 0. The van der Waals surface area contributed by atoms with E-state index < -0.39 is 0 Å². The summed E-state index contributed by atoms with van der Waals surface area (Å²) in [6.45, 7) is 8.58. The van der Waals surface area contributed by atoms with E-state index in [1.54, 1.807) is 11.3 Å². The van der Waals surface area contributed by atoms with E-state index in [9.17, 15) is 0 Å². The molecule has 0 aliphatic heterocycles. The third kappa shape index (κ3) is 2.19. The number of thiophene rings is 1. The van der Waals surface area contributed by atoms with Crippen LogP contribution in [-0.2, 0) is 0 Å². The third-order valence-corrected chi connectivity index (χ3v) is 3.86. The molecule has 2 aromatic rings. The first kappa shape index (κ1) is 11.4. The molecule has 2 rings (SSSR count). The molecule has 0 aliphatic rings. The first-order valence-corrected chi connectivity index (χ1v) is 6.45. The second-order valence-corrected chi connectivity index (χ2v) is 5.69. The normalized spacial score (nSPS) is 11.6. The molecule has 86 valence electrons. The third-order valence-electron chi connectivity index (χ3n) is 2.46. The predicted octanol–water partition coefficient (Wildman–Crippen LogP) is 4.65. The van der Waals surface area contributed by atoms with E-state index in [1.165, 1.54) is 9.75 Å². The van der Waals surface area contributed by atoms with Crippen LogP contribution in [0.1, 0.15) is 50.3 Å². The number of aromatic nitrogens is 1. The molecule has 2 nitrogen and oxygen atoms in total.